The van der Waals surface area contributed by atoms with E-state index in [9.17, 15) is 9.90 Å². The fraction of sp³-hybridized carbons (Fsp3) is 0.714. The molecule has 0 aliphatic carbocycles. The first kappa shape index (κ1) is 15.3. The number of thiazole rings is 1. The minimum absolute atomic E-state index is 0.212. The highest BCUT2D eigenvalue weighted by Gasteiger charge is 2.36. The largest absolute Gasteiger partial charge is 0.481 e. The zero-order valence-electron chi connectivity index (χ0n) is 12.4. The molecule has 1 aliphatic rings. The van der Waals surface area contributed by atoms with Crippen LogP contribution < -0.4 is 4.90 Å². The van der Waals surface area contributed by atoms with Crippen LogP contribution in [0.15, 0.2) is 6.20 Å². The van der Waals surface area contributed by atoms with Crippen molar-refractivity contribution >= 4 is 22.4 Å². The average molecular weight is 297 g/mol. The number of rotatable bonds is 6. The normalized spacial score (nSPS) is 23.1. The van der Waals surface area contributed by atoms with Crippen LogP contribution in [0.1, 0.15) is 24.6 Å². The van der Waals surface area contributed by atoms with Gasteiger partial charge < -0.3 is 10.0 Å². The SMILES string of the molecule is CCC[C@H]1CN(Cc2cnc(N(C)C)s2)C[C@@H]1C(=O)O. The maximum atomic E-state index is 11.3. The van der Waals surface area contributed by atoms with Gasteiger partial charge in [-0.2, -0.15) is 0 Å². The number of hydrogen-bond donors (Lipinski definition) is 1. The summed E-state index contributed by atoms with van der Waals surface area (Å²) in [5.41, 5.74) is 0. The second kappa shape index (κ2) is 6.54. The number of aliphatic carboxylic acids is 1. The lowest BCUT2D eigenvalue weighted by molar-refractivity contribution is -0.142. The number of aromatic nitrogens is 1. The molecule has 1 fully saturated rings. The molecule has 0 bridgehead atoms. The number of hydrogen-bond acceptors (Lipinski definition) is 5. The lowest BCUT2D eigenvalue weighted by atomic mass is 9.92. The standard InChI is InChI=1S/C14H23N3O2S/c1-4-5-10-7-17(9-12(10)13(18)19)8-11-6-15-14(20-11)16(2)3/h6,10,12H,4-5,7-9H2,1-3H3,(H,18,19)/t10-,12-/m0/s1. The van der Waals surface area contributed by atoms with Crippen molar-refractivity contribution in [3.05, 3.63) is 11.1 Å². The van der Waals surface area contributed by atoms with E-state index in [1.54, 1.807) is 11.3 Å². The molecule has 1 N–H and O–H groups in total. The van der Waals surface area contributed by atoms with Crippen molar-refractivity contribution < 1.29 is 9.90 Å². The van der Waals surface area contributed by atoms with E-state index in [0.717, 1.165) is 31.1 Å². The predicted molar refractivity (Wildman–Crippen MR) is 81.2 cm³/mol. The summed E-state index contributed by atoms with van der Waals surface area (Å²) in [6, 6.07) is 0. The molecule has 0 spiro atoms. The highest BCUT2D eigenvalue weighted by molar-refractivity contribution is 7.15. The monoisotopic (exact) mass is 297 g/mol. The molecule has 0 amide bonds. The Balaban J connectivity index is 1.98. The number of carbonyl (C=O) groups is 1. The Hall–Kier alpha value is -1.14. The van der Waals surface area contributed by atoms with Crippen molar-refractivity contribution in [1.29, 1.82) is 0 Å². The Morgan fingerprint density at radius 2 is 2.30 bits per heavy atom. The van der Waals surface area contributed by atoms with Crippen molar-refractivity contribution in [1.82, 2.24) is 9.88 Å². The molecule has 0 saturated carbocycles. The van der Waals surface area contributed by atoms with Crippen LogP contribution in [-0.2, 0) is 11.3 Å². The van der Waals surface area contributed by atoms with Crippen LogP contribution in [0.25, 0.3) is 0 Å². The van der Waals surface area contributed by atoms with Gasteiger partial charge in [-0.15, -0.1) is 11.3 Å². The Labute approximate surface area is 124 Å². The molecular weight excluding hydrogens is 274 g/mol. The lowest BCUT2D eigenvalue weighted by Gasteiger charge is -2.14. The van der Waals surface area contributed by atoms with Gasteiger partial charge in [0.15, 0.2) is 5.13 Å². The summed E-state index contributed by atoms with van der Waals surface area (Å²) in [4.78, 5) is 21.2. The lowest BCUT2D eigenvalue weighted by Crippen LogP contribution is -2.23. The third-order valence-electron chi connectivity index (χ3n) is 3.80. The molecule has 5 nitrogen and oxygen atoms in total. The molecule has 2 atom stereocenters. The highest BCUT2D eigenvalue weighted by atomic mass is 32.1. The summed E-state index contributed by atoms with van der Waals surface area (Å²) in [5, 5.41) is 10.3. The zero-order chi connectivity index (χ0) is 14.7. The van der Waals surface area contributed by atoms with Gasteiger partial charge in [0.25, 0.3) is 0 Å². The molecule has 1 aromatic rings. The van der Waals surface area contributed by atoms with Gasteiger partial charge in [-0.3, -0.25) is 9.69 Å². The fourth-order valence-electron chi connectivity index (χ4n) is 2.83. The number of likely N-dealkylation sites (tertiary alicyclic amines) is 1. The van der Waals surface area contributed by atoms with Gasteiger partial charge in [-0.05, 0) is 12.3 Å². The van der Waals surface area contributed by atoms with Crippen LogP contribution >= 0.6 is 11.3 Å². The van der Waals surface area contributed by atoms with Crippen LogP contribution in [0, 0.1) is 11.8 Å². The molecule has 1 aromatic heterocycles. The van der Waals surface area contributed by atoms with Crippen molar-refractivity contribution in [2.75, 3.05) is 32.1 Å². The maximum absolute atomic E-state index is 11.3. The smallest absolute Gasteiger partial charge is 0.308 e. The van der Waals surface area contributed by atoms with E-state index in [4.69, 9.17) is 0 Å². The van der Waals surface area contributed by atoms with E-state index in [-0.39, 0.29) is 5.92 Å². The second-order valence-corrected chi connectivity index (χ2v) is 6.78. The number of carboxylic acids is 1. The van der Waals surface area contributed by atoms with Crippen LogP contribution in [0.4, 0.5) is 5.13 Å². The van der Waals surface area contributed by atoms with Gasteiger partial charge in [-0.25, -0.2) is 4.98 Å². The van der Waals surface area contributed by atoms with Gasteiger partial charge in [0.05, 0.1) is 5.92 Å². The maximum Gasteiger partial charge on any atom is 0.308 e. The fourth-order valence-corrected chi connectivity index (χ4v) is 3.71. The first-order valence-electron chi connectivity index (χ1n) is 7.08. The van der Waals surface area contributed by atoms with E-state index < -0.39 is 5.97 Å². The third kappa shape index (κ3) is 3.49. The van der Waals surface area contributed by atoms with Crippen molar-refractivity contribution in [2.24, 2.45) is 11.8 Å². The van der Waals surface area contributed by atoms with Gasteiger partial charge in [0, 0.05) is 44.8 Å². The molecule has 2 rings (SSSR count). The second-order valence-electron chi connectivity index (χ2n) is 5.69. The minimum atomic E-state index is -0.649. The number of carboxylic acid groups (broad SMARTS) is 1. The highest BCUT2D eigenvalue weighted by Crippen LogP contribution is 2.30. The molecule has 2 heterocycles. The first-order valence-corrected chi connectivity index (χ1v) is 7.90. The molecule has 0 aromatic carbocycles. The summed E-state index contributed by atoms with van der Waals surface area (Å²) in [5.74, 6) is -0.570. The minimum Gasteiger partial charge on any atom is -0.481 e. The summed E-state index contributed by atoms with van der Waals surface area (Å²) in [7, 11) is 3.96. The van der Waals surface area contributed by atoms with Crippen molar-refractivity contribution in [3.63, 3.8) is 0 Å². The average Bonchev–Trinajstić information content (AvgIpc) is 2.97. The summed E-state index contributed by atoms with van der Waals surface area (Å²) >= 11 is 1.68. The molecule has 112 valence electrons. The van der Waals surface area contributed by atoms with Crippen LogP contribution in [-0.4, -0.2) is 48.1 Å². The molecule has 1 aliphatic heterocycles. The van der Waals surface area contributed by atoms with Crippen molar-refractivity contribution in [3.8, 4) is 0 Å². The van der Waals surface area contributed by atoms with Gasteiger partial charge in [-0.1, -0.05) is 13.3 Å². The Kier molecular flexibility index (Phi) is 4.99. The molecular formula is C14H23N3O2S. The molecule has 0 radical (unpaired) electrons. The van der Waals surface area contributed by atoms with Gasteiger partial charge >= 0.3 is 5.97 Å². The van der Waals surface area contributed by atoms with E-state index in [2.05, 4.69) is 16.8 Å². The molecule has 20 heavy (non-hydrogen) atoms. The summed E-state index contributed by atoms with van der Waals surface area (Å²) in [6.07, 6.45) is 3.95. The summed E-state index contributed by atoms with van der Waals surface area (Å²) < 4.78 is 0. The van der Waals surface area contributed by atoms with E-state index in [1.165, 1.54) is 4.88 Å². The zero-order valence-corrected chi connectivity index (χ0v) is 13.2. The van der Waals surface area contributed by atoms with Crippen molar-refractivity contribution in [2.45, 2.75) is 26.3 Å². The molecule has 1 saturated heterocycles. The van der Waals surface area contributed by atoms with Gasteiger partial charge in [0.1, 0.15) is 0 Å². The van der Waals surface area contributed by atoms with Crippen LogP contribution in [0.5, 0.6) is 0 Å². The quantitative estimate of drug-likeness (QED) is 0.872. The van der Waals surface area contributed by atoms with Crippen LogP contribution in [0.2, 0.25) is 0 Å². The van der Waals surface area contributed by atoms with Gasteiger partial charge in [0.2, 0.25) is 0 Å². The number of nitrogens with zero attached hydrogens (tertiary/aromatic N) is 3. The topological polar surface area (TPSA) is 56.7 Å². The van der Waals surface area contributed by atoms with E-state index in [0.29, 0.717) is 12.5 Å². The third-order valence-corrected chi connectivity index (χ3v) is 4.95. The Bertz CT molecular complexity index is 461. The Morgan fingerprint density at radius 1 is 1.55 bits per heavy atom. The van der Waals surface area contributed by atoms with Crippen LogP contribution in [0.3, 0.4) is 0 Å². The summed E-state index contributed by atoms with van der Waals surface area (Å²) in [6.45, 7) is 4.48. The predicted octanol–water partition coefficient (Wildman–Crippen LogP) is 2.14. The van der Waals surface area contributed by atoms with E-state index in [1.807, 2.05) is 25.2 Å². The first-order chi connectivity index (χ1) is 9.51. The Morgan fingerprint density at radius 3 is 2.85 bits per heavy atom. The molecule has 6 heteroatoms. The van der Waals surface area contributed by atoms with E-state index >= 15 is 0 Å². The number of anilines is 1. The molecule has 0 unspecified atom stereocenters.